The Morgan fingerprint density at radius 1 is 1.57 bits per heavy atom. The van der Waals surface area contributed by atoms with E-state index in [4.69, 9.17) is 5.73 Å². The fourth-order valence-corrected chi connectivity index (χ4v) is 3.96. The minimum absolute atomic E-state index is 0.277. The van der Waals surface area contributed by atoms with E-state index in [-0.39, 0.29) is 11.7 Å². The molecule has 0 unspecified atom stereocenters. The van der Waals surface area contributed by atoms with Gasteiger partial charge in [-0.3, -0.25) is 0 Å². The number of sulfone groups is 1. The molecule has 2 N–H and O–H groups in total. The molecule has 21 heavy (non-hydrogen) atoms. The third-order valence-electron chi connectivity index (χ3n) is 4.09. The van der Waals surface area contributed by atoms with Crippen LogP contribution in [-0.2, 0) is 9.84 Å². The molecule has 0 aromatic heterocycles. The lowest BCUT2D eigenvalue weighted by Gasteiger charge is -2.42. The number of rotatable bonds is 4. The van der Waals surface area contributed by atoms with Crippen LogP contribution in [0.2, 0.25) is 0 Å². The highest BCUT2D eigenvalue weighted by Crippen LogP contribution is 2.34. The molecule has 0 radical (unpaired) electrons. The number of allylic oxidation sites excluding steroid dienone is 1. The number of hydrogen-bond donors (Lipinski definition) is 1. The molecule has 0 aromatic rings. The minimum Gasteiger partial charge on any atom is -0.390 e. The molecule has 7 heteroatoms. The van der Waals surface area contributed by atoms with Gasteiger partial charge in [0, 0.05) is 36.8 Å². The van der Waals surface area contributed by atoms with Crippen LogP contribution in [0.3, 0.4) is 0 Å². The summed E-state index contributed by atoms with van der Waals surface area (Å²) in [4.78, 5) is 10.4. The summed E-state index contributed by atoms with van der Waals surface area (Å²) in [6, 6.07) is 0.376. The van der Waals surface area contributed by atoms with E-state index in [9.17, 15) is 8.42 Å². The zero-order chi connectivity index (χ0) is 15.6. The van der Waals surface area contributed by atoms with Crippen LogP contribution in [0.1, 0.15) is 19.8 Å². The Kier molecular flexibility index (Phi) is 4.51. The van der Waals surface area contributed by atoms with Gasteiger partial charge in [0.05, 0.1) is 12.1 Å². The Morgan fingerprint density at radius 3 is 2.81 bits per heavy atom. The van der Waals surface area contributed by atoms with Crippen LogP contribution in [-0.4, -0.2) is 50.6 Å². The highest BCUT2D eigenvalue weighted by molar-refractivity contribution is 7.90. The van der Waals surface area contributed by atoms with Gasteiger partial charge >= 0.3 is 0 Å². The van der Waals surface area contributed by atoms with Gasteiger partial charge in [0.2, 0.25) is 0 Å². The maximum absolute atomic E-state index is 11.3. The molecule has 2 rings (SSSR count). The number of hydrogen-bond acceptors (Lipinski definition) is 5. The van der Waals surface area contributed by atoms with Crippen LogP contribution >= 0.6 is 0 Å². The molecule has 6 nitrogen and oxygen atoms in total. The average molecular weight is 310 g/mol. The van der Waals surface area contributed by atoms with Crippen molar-refractivity contribution in [1.29, 1.82) is 0 Å². The van der Waals surface area contributed by atoms with Gasteiger partial charge in [0.25, 0.3) is 0 Å². The predicted octanol–water partition coefficient (Wildman–Crippen LogP) is 0.928. The lowest BCUT2D eigenvalue weighted by atomic mass is 9.80. The molecule has 0 atom stereocenters. The molecule has 1 aliphatic carbocycles. The quantitative estimate of drug-likeness (QED) is 0.618. The lowest BCUT2D eigenvalue weighted by Crippen LogP contribution is -2.44. The van der Waals surface area contributed by atoms with Gasteiger partial charge in [-0.15, -0.1) is 0 Å². The average Bonchev–Trinajstić information content (AvgIpc) is 2.79. The third kappa shape index (κ3) is 3.72. The van der Waals surface area contributed by atoms with Crippen LogP contribution in [0.4, 0.5) is 0 Å². The van der Waals surface area contributed by atoms with Gasteiger partial charge in [0.15, 0.2) is 5.84 Å². The largest absolute Gasteiger partial charge is 0.390 e. The molecule has 2 aliphatic rings. The van der Waals surface area contributed by atoms with Crippen molar-refractivity contribution in [1.82, 2.24) is 4.90 Å². The van der Waals surface area contributed by atoms with Crippen molar-refractivity contribution in [2.24, 2.45) is 21.6 Å². The summed E-state index contributed by atoms with van der Waals surface area (Å²) in [7, 11) is -0.852. The van der Waals surface area contributed by atoms with E-state index >= 15 is 0 Å². The first-order chi connectivity index (χ1) is 9.81. The summed E-state index contributed by atoms with van der Waals surface area (Å²) in [5, 5.41) is 0. The maximum atomic E-state index is 11.3. The molecule has 0 bridgehead atoms. The summed E-state index contributed by atoms with van der Waals surface area (Å²) < 4.78 is 22.6. The zero-order valence-corrected chi connectivity index (χ0v) is 13.5. The van der Waals surface area contributed by atoms with E-state index < -0.39 is 9.84 Å². The molecule has 1 aliphatic heterocycles. The highest BCUT2D eigenvalue weighted by atomic mass is 32.2. The van der Waals surface area contributed by atoms with E-state index in [2.05, 4.69) is 14.9 Å². The first kappa shape index (κ1) is 15.8. The minimum atomic E-state index is -2.88. The van der Waals surface area contributed by atoms with Gasteiger partial charge in [-0.1, -0.05) is 0 Å². The van der Waals surface area contributed by atoms with Crippen LogP contribution in [0.15, 0.2) is 33.5 Å². The Labute approximate surface area is 126 Å². The molecular formula is C14H22N4O2S. The van der Waals surface area contributed by atoms with Crippen LogP contribution in [0, 0.1) is 5.92 Å². The standard InChI is InChI=1S/C14H22N4O2S/c1-10(13-4-5-16-14(13)17-9-15)18(2)12-6-11(7-12)8-21(3,19)20/h4-5,9,11-12H,6-8H2,1-3H3,(H2,15,16,17)/b13-10+. The summed E-state index contributed by atoms with van der Waals surface area (Å²) in [6.45, 7) is 2.02. The van der Waals surface area contributed by atoms with Crippen LogP contribution in [0.25, 0.3) is 0 Å². The Balaban J connectivity index is 2.01. The van der Waals surface area contributed by atoms with Crippen molar-refractivity contribution in [2.45, 2.75) is 25.8 Å². The lowest BCUT2D eigenvalue weighted by molar-refractivity contribution is 0.143. The number of nitrogens with zero attached hydrogens (tertiary/aromatic N) is 3. The summed E-state index contributed by atoms with van der Waals surface area (Å²) in [6.07, 6.45) is 7.98. The van der Waals surface area contributed by atoms with Gasteiger partial charge in [0.1, 0.15) is 9.84 Å². The molecule has 0 aromatic carbocycles. The highest BCUT2D eigenvalue weighted by Gasteiger charge is 2.34. The molecule has 1 fully saturated rings. The molecule has 0 amide bonds. The van der Waals surface area contributed by atoms with Gasteiger partial charge in [-0.2, -0.15) is 0 Å². The third-order valence-corrected chi connectivity index (χ3v) is 5.17. The summed E-state index contributed by atoms with van der Waals surface area (Å²) in [5.41, 5.74) is 7.37. The van der Waals surface area contributed by atoms with Gasteiger partial charge in [-0.05, 0) is 31.8 Å². The first-order valence-electron chi connectivity index (χ1n) is 6.92. The first-order valence-corrected chi connectivity index (χ1v) is 8.98. The Morgan fingerprint density at radius 2 is 2.24 bits per heavy atom. The number of aliphatic imine (C=N–C) groups is 2. The van der Waals surface area contributed by atoms with Crippen molar-refractivity contribution >= 4 is 22.0 Å². The van der Waals surface area contributed by atoms with E-state index in [1.165, 1.54) is 12.6 Å². The topological polar surface area (TPSA) is 88.1 Å². The fourth-order valence-electron chi connectivity index (χ4n) is 2.83. The van der Waals surface area contributed by atoms with E-state index in [0.29, 0.717) is 11.9 Å². The second-order valence-corrected chi connectivity index (χ2v) is 7.93. The fraction of sp³-hybridized carbons (Fsp3) is 0.571. The SMILES string of the molecule is C/C(=C1/C=CN=C1N=CN)N(C)C1CC(CS(C)(=O)=O)C1. The Bertz CT molecular complexity index is 625. The monoisotopic (exact) mass is 310 g/mol. The van der Waals surface area contributed by atoms with Gasteiger partial charge in [-0.25, -0.2) is 18.4 Å². The van der Waals surface area contributed by atoms with Crippen molar-refractivity contribution < 1.29 is 8.42 Å². The van der Waals surface area contributed by atoms with Crippen LogP contribution in [0.5, 0.6) is 0 Å². The molecule has 0 saturated heterocycles. The van der Waals surface area contributed by atoms with Crippen molar-refractivity contribution in [3.63, 3.8) is 0 Å². The summed E-state index contributed by atoms with van der Waals surface area (Å²) >= 11 is 0. The second kappa shape index (κ2) is 6.01. The van der Waals surface area contributed by atoms with E-state index in [1.54, 1.807) is 6.20 Å². The van der Waals surface area contributed by atoms with Crippen molar-refractivity contribution in [3.05, 3.63) is 23.5 Å². The second-order valence-electron chi connectivity index (χ2n) is 5.74. The van der Waals surface area contributed by atoms with E-state index in [0.717, 1.165) is 24.1 Å². The smallest absolute Gasteiger partial charge is 0.162 e. The molecule has 0 spiro atoms. The van der Waals surface area contributed by atoms with Gasteiger partial charge < -0.3 is 10.6 Å². The Hall–Kier alpha value is -1.63. The van der Waals surface area contributed by atoms with Crippen LogP contribution < -0.4 is 5.73 Å². The summed E-state index contributed by atoms with van der Waals surface area (Å²) in [5.74, 6) is 1.19. The zero-order valence-electron chi connectivity index (χ0n) is 12.7. The molecule has 116 valence electrons. The van der Waals surface area contributed by atoms with Crippen molar-refractivity contribution in [2.75, 3.05) is 19.1 Å². The molecular weight excluding hydrogens is 288 g/mol. The van der Waals surface area contributed by atoms with E-state index in [1.807, 2.05) is 20.0 Å². The molecule has 1 saturated carbocycles. The molecule has 1 heterocycles. The normalized spacial score (nSPS) is 27.7. The number of nitrogens with two attached hydrogens (primary N) is 1. The van der Waals surface area contributed by atoms with Crippen molar-refractivity contribution in [3.8, 4) is 0 Å². The maximum Gasteiger partial charge on any atom is 0.162 e. The number of amidine groups is 1. The predicted molar refractivity (Wildman–Crippen MR) is 85.9 cm³/mol.